The predicted molar refractivity (Wildman–Crippen MR) is 114 cm³/mol. The molecule has 164 valence electrons. The van der Waals surface area contributed by atoms with Crippen LogP contribution in [0.1, 0.15) is 12.3 Å². The monoisotopic (exact) mass is 462 g/mol. The molecule has 1 aliphatic heterocycles. The highest BCUT2D eigenvalue weighted by molar-refractivity contribution is 7.89. The number of sulfonamides is 1. The first-order valence-corrected chi connectivity index (χ1v) is 12.2. The summed E-state index contributed by atoms with van der Waals surface area (Å²) in [6, 6.07) is 4.96. The molecule has 0 aliphatic carbocycles. The molecule has 0 saturated carbocycles. The zero-order valence-corrected chi connectivity index (χ0v) is 18.3. The highest BCUT2D eigenvalue weighted by atomic mass is 32.2. The number of rotatable bonds is 8. The van der Waals surface area contributed by atoms with Crippen molar-refractivity contribution in [2.24, 2.45) is 0 Å². The molecule has 31 heavy (non-hydrogen) atoms. The first kappa shape index (κ1) is 21.6. The fraction of sp³-hybridized carbons (Fsp3) is 0.368. The Morgan fingerprint density at radius 2 is 2.06 bits per heavy atom. The molecule has 1 saturated heterocycles. The lowest BCUT2D eigenvalue weighted by Crippen LogP contribution is -2.48. The van der Waals surface area contributed by atoms with Gasteiger partial charge in [-0.3, -0.25) is 14.7 Å². The lowest BCUT2D eigenvalue weighted by atomic mass is 10.2. The molecule has 1 amide bonds. The molecule has 1 N–H and O–H groups in total. The van der Waals surface area contributed by atoms with Crippen molar-refractivity contribution in [2.75, 3.05) is 32.7 Å². The molecule has 0 radical (unpaired) electrons. The summed E-state index contributed by atoms with van der Waals surface area (Å²) >= 11 is 1.58. The second-order valence-corrected chi connectivity index (χ2v) is 9.56. The van der Waals surface area contributed by atoms with Crippen molar-refractivity contribution >= 4 is 27.3 Å². The van der Waals surface area contributed by atoms with Crippen LogP contribution in [0.15, 0.2) is 50.8 Å². The van der Waals surface area contributed by atoms with Crippen LogP contribution in [0.2, 0.25) is 0 Å². The first-order chi connectivity index (χ1) is 15.0. The molecule has 1 fully saturated rings. The molecule has 12 heteroatoms. The number of thiophene rings is 1. The maximum Gasteiger partial charge on any atom is 0.242 e. The zero-order chi connectivity index (χ0) is 21.7. The van der Waals surface area contributed by atoms with Gasteiger partial charge in [0.25, 0.3) is 0 Å². The highest BCUT2D eigenvalue weighted by Crippen LogP contribution is 2.19. The van der Waals surface area contributed by atoms with E-state index in [0.29, 0.717) is 44.4 Å². The van der Waals surface area contributed by atoms with Crippen molar-refractivity contribution in [3.8, 4) is 11.4 Å². The fourth-order valence-corrected chi connectivity index (χ4v) is 4.84. The van der Waals surface area contributed by atoms with Gasteiger partial charge in [-0.25, -0.2) is 13.1 Å². The summed E-state index contributed by atoms with van der Waals surface area (Å²) in [5.74, 6) is 1.05. The van der Waals surface area contributed by atoms with Gasteiger partial charge in [0.15, 0.2) is 0 Å². The lowest BCUT2D eigenvalue weighted by Gasteiger charge is -2.34. The van der Waals surface area contributed by atoms with Gasteiger partial charge in [0.2, 0.25) is 27.6 Å². The van der Waals surface area contributed by atoms with Crippen LogP contribution in [-0.2, 0) is 21.4 Å². The third-order valence-electron chi connectivity index (χ3n) is 4.91. The van der Waals surface area contributed by atoms with E-state index in [4.69, 9.17) is 4.52 Å². The molecule has 4 heterocycles. The third-order valence-corrected chi connectivity index (χ3v) is 7.04. The van der Waals surface area contributed by atoms with Gasteiger partial charge in [-0.1, -0.05) is 5.16 Å². The molecule has 0 spiro atoms. The summed E-state index contributed by atoms with van der Waals surface area (Å²) in [4.78, 5) is 24.7. The van der Waals surface area contributed by atoms with Crippen LogP contribution in [0.5, 0.6) is 0 Å². The second-order valence-electron chi connectivity index (χ2n) is 7.02. The number of carbonyl (C=O) groups excluding carboxylic acids is 1. The quantitative estimate of drug-likeness (QED) is 0.530. The number of nitrogens with one attached hydrogen (secondary N) is 1. The molecule has 3 aromatic rings. The van der Waals surface area contributed by atoms with Crippen LogP contribution in [0.4, 0.5) is 0 Å². The summed E-state index contributed by atoms with van der Waals surface area (Å²) in [5, 5.41) is 7.94. The molecular formula is C19H22N6O4S2. The maximum absolute atomic E-state index is 12.4. The van der Waals surface area contributed by atoms with Crippen molar-refractivity contribution in [1.82, 2.24) is 29.6 Å². The van der Waals surface area contributed by atoms with E-state index in [0.717, 1.165) is 5.56 Å². The number of hydrogen-bond donors (Lipinski definition) is 1. The summed E-state index contributed by atoms with van der Waals surface area (Å²) in [6.07, 6.45) is 2.88. The highest BCUT2D eigenvalue weighted by Gasteiger charge is 2.23. The van der Waals surface area contributed by atoms with Gasteiger partial charge in [0.1, 0.15) is 4.90 Å². The Morgan fingerprint density at radius 3 is 2.77 bits per heavy atom. The van der Waals surface area contributed by atoms with E-state index in [1.165, 1.54) is 18.5 Å². The van der Waals surface area contributed by atoms with E-state index >= 15 is 0 Å². The third kappa shape index (κ3) is 5.53. The van der Waals surface area contributed by atoms with Gasteiger partial charge in [-0.15, -0.1) is 0 Å². The summed E-state index contributed by atoms with van der Waals surface area (Å²) in [6.45, 7) is 3.08. The number of carbonyl (C=O) groups is 1. The standard InChI is InChI=1S/C19H22N6O4S2/c26-18(3-6-21-31(27,28)16-2-1-5-20-12-16)25-9-7-24(8-10-25)13-17-22-19(23-29-17)15-4-11-30-14-15/h1-2,4-5,11-12,14,21H,3,6-10,13H2. The van der Waals surface area contributed by atoms with Gasteiger partial charge in [-0.05, 0) is 23.6 Å². The molecule has 4 rings (SSSR count). The minimum absolute atomic E-state index is 0.0453. The van der Waals surface area contributed by atoms with E-state index < -0.39 is 10.0 Å². The molecule has 0 unspecified atom stereocenters. The molecule has 0 bridgehead atoms. The number of hydrogen-bond acceptors (Lipinski definition) is 9. The Bertz CT molecular complexity index is 1090. The van der Waals surface area contributed by atoms with Crippen LogP contribution in [-0.4, -0.2) is 72.0 Å². The number of amides is 1. The molecule has 10 nitrogen and oxygen atoms in total. The van der Waals surface area contributed by atoms with Gasteiger partial charge in [-0.2, -0.15) is 16.3 Å². The predicted octanol–water partition coefficient (Wildman–Crippen LogP) is 1.21. The topological polar surface area (TPSA) is 122 Å². The Balaban J connectivity index is 1.20. The summed E-state index contributed by atoms with van der Waals surface area (Å²) in [5.41, 5.74) is 0.939. The Hall–Kier alpha value is -2.67. The molecule has 1 aliphatic rings. The zero-order valence-electron chi connectivity index (χ0n) is 16.7. The van der Waals surface area contributed by atoms with Crippen molar-refractivity contribution in [3.05, 3.63) is 47.2 Å². The minimum atomic E-state index is -3.66. The van der Waals surface area contributed by atoms with Crippen molar-refractivity contribution in [3.63, 3.8) is 0 Å². The van der Waals surface area contributed by atoms with Crippen molar-refractivity contribution in [2.45, 2.75) is 17.9 Å². The van der Waals surface area contributed by atoms with E-state index in [1.54, 1.807) is 22.3 Å². The Kier molecular flexibility index (Phi) is 6.70. The normalized spacial score (nSPS) is 15.3. The maximum atomic E-state index is 12.4. The lowest BCUT2D eigenvalue weighted by molar-refractivity contribution is -0.132. The van der Waals surface area contributed by atoms with Gasteiger partial charge in [0, 0.05) is 62.5 Å². The number of nitrogens with zero attached hydrogens (tertiary/aromatic N) is 5. The Morgan fingerprint density at radius 1 is 1.23 bits per heavy atom. The number of pyridine rings is 1. The van der Waals surface area contributed by atoms with E-state index in [9.17, 15) is 13.2 Å². The van der Waals surface area contributed by atoms with Crippen LogP contribution in [0, 0.1) is 0 Å². The largest absolute Gasteiger partial charge is 0.340 e. The van der Waals surface area contributed by atoms with Gasteiger partial charge in [0.05, 0.1) is 6.54 Å². The summed E-state index contributed by atoms with van der Waals surface area (Å²) < 4.78 is 32.1. The van der Waals surface area contributed by atoms with Gasteiger partial charge >= 0.3 is 0 Å². The van der Waals surface area contributed by atoms with Crippen LogP contribution in [0.25, 0.3) is 11.4 Å². The number of piperazine rings is 1. The first-order valence-electron chi connectivity index (χ1n) is 9.76. The van der Waals surface area contributed by atoms with E-state index in [2.05, 4.69) is 24.7 Å². The Labute approximate surface area is 183 Å². The average molecular weight is 463 g/mol. The molecular weight excluding hydrogens is 440 g/mol. The van der Waals surface area contributed by atoms with Crippen LogP contribution < -0.4 is 4.72 Å². The van der Waals surface area contributed by atoms with E-state index in [-0.39, 0.29) is 23.8 Å². The minimum Gasteiger partial charge on any atom is -0.340 e. The molecule has 0 atom stereocenters. The number of aromatic nitrogens is 3. The molecule has 3 aromatic heterocycles. The van der Waals surface area contributed by atoms with Crippen LogP contribution in [0.3, 0.4) is 0 Å². The van der Waals surface area contributed by atoms with Gasteiger partial charge < -0.3 is 9.42 Å². The summed E-state index contributed by atoms with van der Waals surface area (Å²) in [7, 11) is -3.66. The fourth-order valence-electron chi connectivity index (χ4n) is 3.21. The molecule has 0 aromatic carbocycles. The van der Waals surface area contributed by atoms with Crippen LogP contribution >= 0.6 is 11.3 Å². The smallest absolute Gasteiger partial charge is 0.242 e. The van der Waals surface area contributed by atoms with Crippen molar-refractivity contribution < 1.29 is 17.7 Å². The average Bonchev–Trinajstić information content (AvgIpc) is 3.47. The second kappa shape index (κ2) is 9.64. The van der Waals surface area contributed by atoms with E-state index in [1.807, 2.05) is 16.8 Å². The SMILES string of the molecule is O=C(CCNS(=O)(=O)c1cccnc1)N1CCN(Cc2nc(-c3ccsc3)no2)CC1. The van der Waals surface area contributed by atoms with Crippen molar-refractivity contribution in [1.29, 1.82) is 0 Å².